The van der Waals surface area contributed by atoms with Crippen molar-refractivity contribution in [1.29, 1.82) is 0 Å². The molecule has 5 nitrogen and oxygen atoms in total. The van der Waals surface area contributed by atoms with Crippen molar-refractivity contribution in [1.82, 2.24) is 10.2 Å². The van der Waals surface area contributed by atoms with E-state index in [9.17, 15) is 9.59 Å². The minimum Gasteiger partial charge on any atom is -0.352 e. The van der Waals surface area contributed by atoms with Gasteiger partial charge in [0.15, 0.2) is 0 Å². The van der Waals surface area contributed by atoms with Gasteiger partial charge in [0.25, 0.3) is 11.8 Å². The second-order valence-electron chi connectivity index (χ2n) is 4.81. The van der Waals surface area contributed by atoms with Crippen LogP contribution in [0.3, 0.4) is 0 Å². The third-order valence-electron chi connectivity index (χ3n) is 3.36. The van der Waals surface area contributed by atoms with Gasteiger partial charge in [-0.25, -0.2) is 0 Å². The molecule has 6 heteroatoms. The molecule has 0 atom stereocenters. The molecule has 0 aliphatic heterocycles. The molecule has 0 aliphatic rings. The molecule has 1 aromatic carbocycles. The van der Waals surface area contributed by atoms with Crippen molar-refractivity contribution in [2.45, 2.75) is 26.7 Å². The van der Waals surface area contributed by atoms with E-state index >= 15 is 0 Å². The summed E-state index contributed by atoms with van der Waals surface area (Å²) in [6.45, 7) is 6.51. The summed E-state index contributed by atoms with van der Waals surface area (Å²) in [5.74, 6) is -0.122. The first kappa shape index (κ1) is 20.4. The predicted molar refractivity (Wildman–Crippen MR) is 91.6 cm³/mol. The van der Waals surface area contributed by atoms with E-state index < -0.39 is 0 Å². The molecule has 1 aromatic rings. The lowest BCUT2D eigenvalue weighted by atomic mass is 10.1. The van der Waals surface area contributed by atoms with Gasteiger partial charge in [-0.05, 0) is 57.5 Å². The maximum atomic E-state index is 12.1. The Bertz CT molecular complexity index is 459. The number of nitrogens with two attached hydrogens (primary N) is 1. The van der Waals surface area contributed by atoms with Gasteiger partial charge in [0.05, 0.1) is 0 Å². The number of unbranched alkanes of at least 4 members (excludes halogenated alkanes) is 1. The van der Waals surface area contributed by atoms with Crippen LogP contribution in [-0.2, 0) is 0 Å². The van der Waals surface area contributed by atoms with Crippen LogP contribution in [0.15, 0.2) is 24.3 Å². The number of rotatable bonds is 8. The summed E-state index contributed by atoms with van der Waals surface area (Å²) in [4.78, 5) is 25.8. The van der Waals surface area contributed by atoms with E-state index in [1.165, 1.54) is 0 Å². The van der Waals surface area contributed by atoms with Crippen LogP contribution in [0.2, 0.25) is 0 Å². The standard InChI is InChI=1S/C16H25N3O2.ClH/c1-3-19(4-2)16(21)14-9-7-13(8-10-14)15(20)18-12-6-5-11-17;/h7-10H,3-6,11-12,17H2,1-2H3,(H,18,20);1H. The van der Waals surface area contributed by atoms with E-state index in [0.29, 0.717) is 37.3 Å². The molecule has 0 heterocycles. The predicted octanol–water partition coefficient (Wildman–Crippen LogP) is 2.06. The molecule has 0 saturated carbocycles. The van der Waals surface area contributed by atoms with E-state index in [-0.39, 0.29) is 24.2 Å². The highest BCUT2D eigenvalue weighted by Gasteiger charge is 2.13. The van der Waals surface area contributed by atoms with Crippen LogP contribution in [-0.4, -0.2) is 42.9 Å². The third-order valence-corrected chi connectivity index (χ3v) is 3.36. The van der Waals surface area contributed by atoms with Crippen molar-refractivity contribution in [2.75, 3.05) is 26.2 Å². The summed E-state index contributed by atoms with van der Waals surface area (Å²) >= 11 is 0. The molecule has 0 radical (unpaired) electrons. The van der Waals surface area contributed by atoms with Gasteiger partial charge in [0, 0.05) is 30.8 Å². The first-order valence-electron chi connectivity index (χ1n) is 7.51. The molecule has 0 aromatic heterocycles. The van der Waals surface area contributed by atoms with Crippen LogP contribution in [0.5, 0.6) is 0 Å². The van der Waals surface area contributed by atoms with E-state index in [0.717, 1.165) is 12.8 Å². The van der Waals surface area contributed by atoms with Crippen molar-refractivity contribution in [2.24, 2.45) is 5.73 Å². The van der Waals surface area contributed by atoms with E-state index in [2.05, 4.69) is 5.32 Å². The fraction of sp³-hybridized carbons (Fsp3) is 0.500. The van der Waals surface area contributed by atoms with Gasteiger partial charge in [-0.2, -0.15) is 0 Å². The highest BCUT2D eigenvalue weighted by molar-refractivity contribution is 5.97. The molecule has 0 spiro atoms. The number of nitrogens with one attached hydrogen (secondary N) is 1. The smallest absolute Gasteiger partial charge is 0.253 e. The summed E-state index contributed by atoms with van der Waals surface area (Å²) in [6.07, 6.45) is 1.78. The second kappa shape index (κ2) is 11.0. The Kier molecular flexibility index (Phi) is 10.2. The van der Waals surface area contributed by atoms with Crippen molar-refractivity contribution in [3.8, 4) is 0 Å². The van der Waals surface area contributed by atoms with Gasteiger partial charge in [-0.1, -0.05) is 0 Å². The quantitative estimate of drug-likeness (QED) is 0.718. The zero-order valence-electron chi connectivity index (χ0n) is 13.3. The van der Waals surface area contributed by atoms with Gasteiger partial charge in [-0.15, -0.1) is 12.4 Å². The molecular weight excluding hydrogens is 302 g/mol. The second-order valence-corrected chi connectivity index (χ2v) is 4.81. The average molecular weight is 328 g/mol. The summed E-state index contributed by atoms with van der Waals surface area (Å²) in [5, 5.41) is 2.84. The minimum atomic E-state index is -0.117. The van der Waals surface area contributed by atoms with Crippen LogP contribution in [0.4, 0.5) is 0 Å². The van der Waals surface area contributed by atoms with Crippen molar-refractivity contribution < 1.29 is 9.59 Å². The van der Waals surface area contributed by atoms with Gasteiger partial charge in [-0.3, -0.25) is 9.59 Å². The SMILES string of the molecule is CCN(CC)C(=O)c1ccc(C(=O)NCCCCN)cc1.Cl. The number of carbonyl (C=O) groups excluding carboxylic acids is 2. The highest BCUT2D eigenvalue weighted by Crippen LogP contribution is 2.08. The number of hydrogen-bond donors (Lipinski definition) is 2. The molecule has 0 fully saturated rings. The zero-order valence-corrected chi connectivity index (χ0v) is 14.1. The van der Waals surface area contributed by atoms with Gasteiger partial charge < -0.3 is 16.0 Å². The summed E-state index contributed by atoms with van der Waals surface area (Å²) in [6, 6.07) is 6.79. The first-order valence-corrected chi connectivity index (χ1v) is 7.51. The Labute approximate surface area is 138 Å². The van der Waals surface area contributed by atoms with Crippen LogP contribution in [0, 0.1) is 0 Å². The molecule has 3 N–H and O–H groups in total. The lowest BCUT2D eigenvalue weighted by Crippen LogP contribution is -2.30. The Hall–Kier alpha value is -1.59. The normalized spacial score (nSPS) is 9.77. The van der Waals surface area contributed by atoms with Gasteiger partial charge in [0.1, 0.15) is 0 Å². The van der Waals surface area contributed by atoms with Crippen molar-refractivity contribution >= 4 is 24.2 Å². The Morgan fingerprint density at radius 2 is 1.59 bits per heavy atom. The van der Waals surface area contributed by atoms with Gasteiger partial charge >= 0.3 is 0 Å². The number of hydrogen-bond acceptors (Lipinski definition) is 3. The fourth-order valence-electron chi connectivity index (χ4n) is 2.03. The average Bonchev–Trinajstić information content (AvgIpc) is 2.52. The van der Waals surface area contributed by atoms with Crippen LogP contribution in [0.25, 0.3) is 0 Å². The Morgan fingerprint density at radius 1 is 1.05 bits per heavy atom. The monoisotopic (exact) mass is 327 g/mol. The van der Waals surface area contributed by atoms with Crippen LogP contribution < -0.4 is 11.1 Å². The molecule has 2 amide bonds. The third kappa shape index (κ3) is 6.03. The number of nitrogens with zero attached hydrogens (tertiary/aromatic N) is 1. The fourth-order valence-corrected chi connectivity index (χ4v) is 2.03. The molecule has 124 valence electrons. The number of halogens is 1. The molecular formula is C16H26ClN3O2. The molecule has 0 saturated heterocycles. The topological polar surface area (TPSA) is 75.4 Å². The van der Waals surface area contributed by atoms with E-state index in [1.807, 2.05) is 13.8 Å². The van der Waals surface area contributed by atoms with Crippen LogP contribution >= 0.6 is 12.4 Å². The Balaban J connectivity index is 0.00000441. The number of carbonyl (C=O) groups is 2. The maximum absolute atomic E-state index is 12.1. The highest BCUT2D eigenvalue weighted by atomic mass is 35.5. The zero-order chi connectivity index (χ0) is 15.7. The maximum Gasteiger partial charge on any atom is 0.253 e. The summed E-state index contributed by atoms with van der Waals surface area (Å²) in [7, 11) is 0. The number of amides is 2. The molecule has 0 bridgehead atoms. The lowest BCUT2D eigenvalue weighted by Gasteiger charge is -2.18. The minimum absolute atomic E-state index is 0. The Morgan fingerprint density at radius 3 is 2.09 bits per heavy atom. The lowest BCUT2D eigenvalue weighted by molar-refractivity contribution is 0.0772. The van der Waals surface area contributed by atoms with E-state index in [4.69, 9.17) is 5.73 Å². The summed E-state index contributed by atoms with van der Waals surface area (Å²) in [5.41, 5.74) is 6.58. The van der Waals surface area contributed by atoms with Crippen molar-refractivity contribution in [3.63, 3.8) is 0 Å². The largest absolute Gasteiger partial charge is 0.352 e. The van der Waals surface area contributed by atoms with E-state index in [1.54, 1.807) is 29.2 Å². The van der Waals surface area contributed by atoms with Gasteiger partial charge in [0.2, 0.25) is 0 Å². The number of benzene rings is 1. The van der Waals surface area contributed by atoms with Crippen LogP contribution in [0.1, 0.15) is 47.4 Å². The van der Waals surface area contributed by atoms with Crippen molar-refractivity contribution in [3.05, 3.63) is 35.4 Å². The first-order chi connectivity index (χ1) is 10.1. The molecule has 1 rings (SSSR count). The summed E-state index contributed by atoms with van der Waals surface area (Å²) < 4.78 is 0. The molecule has 0 unspecified atom stereocenters. The molecule has 0 aliphatic carbocycles. The molecule has 22 heavy (non-hydrogen) atoms.